The Morgan fingerprint density at radius 3 is 2.03 bits per heavy atom. The van der Waals surface area contributed by atoms with Crippen molar-refractivity contribution in [3.05, 3.63) is 125 Å². The standard InChI is InChI=1S/C36H29NS/c1-35(2)26-14-6-7-17-30(26)37-31-20-19-22(21-29(31)36(3,4)28-16-10-15-27(35)33(28)37)23-12-9-13-25-24-11-5-8-18-32(24)38-34(23)25/h5-21H,1-4H3. The Morgan fingerprint density at radius 2 is 1.18 bits per heavy atom. The zero-order valence-corrected chi connectivity index (χ0v) is 23.0. The zero-order chi connectivity index (χ0) is 25.8. The second-order valence-corrected chi connectivity index (χ2v) is 12.9. The Morgan fingerprint density at radius 1 is 0.553 bits per heavy atom. The van der Waals surface area contributed by atoms with Crippen LogP contribution in [0.3, 0.4) is 0 Å². The van der Waals surface area contributed by atoms with E-state index in [1.165, 1.54) is 70.6 Å². The van der Waals surface area contributed by atoms with Crippen molar-refractivity contribution in [3.8, 4) is 11.1 Å². The van der Waals surface area contributed by atoms with Crippen molar-refractivity contribution < 1.29 is 0 Å². The Labute approximate surface area is 228 Å². The van der Waals surface area contributed by atoms with Crippen LogP contribution in [0.5, 0.6) is 0 Å². The molecule has 1 nitrogen and oxygen atoms in total. The molecular formula is C36H29NS. The van der Waals surface area contributed by atoms with E-state index in [4.69, 9.17) is 0 Å². The smallest absolute Gasteiger partial charge is 0.0543 e. The van der Waals surface area contributed by atoms with Gasteiger partial charge in [0, 0.05) is 31.0 Å². The summed E-state index contributed by atoms with van der Waals surface area (Å²) in [6, 6.07) is 38.6. The molecule has 0 spiro atoms. The minimum absolute atomic E-state index is 0.0528. The molecule has 0 unspecified atom stereocenters. The fourth-order valence-electron chi connectivity index (χ4n) is 7.02. The van der Waals surface area contributed by atoms with Gasteiger partial charge in [0.05, 0.1) is 17.1 Å². The van der Waals surface area contributed by atoms with Crippen LogP contribution in [0.1, 0.15) is 49.9 Å². The molecule has 0 saturated carbocycles. The van der Waals surface area contributed by atoms with E-state index in [1.54, 1.807) is 0 Å². The molecule has 8 rings (SSSR count). The summed E-state index contributed by atoms with van der Waals surface area (Å²) in [5.41, 5.74) is 12.0. The molecule has 0 saturated heterocycles. The van der Waals surface area contributed by atoms with Gasteiger partial charge in [-0.25, -0.2) is 0 Å². The third kappa shape index (κ3) is 2.71. The molecule has 0 amide bonds. The molecule has 5 aromatic carbocycles. The minimum atomic E-state index is -0.121. The van der Waals surface area contributed by atoms with Gasteiger partial charge >= 0.3 is 0 Å². The van der Waals surface area contributed by atoms with E-state index in [9.17, 15) is 0 Å². The minimum Gasteiger partial charge on any atom is -0.309 e. The van der Waals surface area contributed by atoms with Gasteiger partial charge < -0.3 is 4.90 Å². The second-order valence-electron chi connectivity index (χ2n) is 11.8. The fraction of sp³-hybridized carbons (Fsp3) is 0.167. The number of thiophene rings is 1. The Kier molecular flexibility index (Phi) is 4.29. The number of para-hydroxylation sites is 2. The molecular weight excluding hydrogens is 478 g/mol. The van der Waals surface area contributed by atoms with Gasteiger partial charge in [-0.1, -0.05) is 107 Å². The summed E-state index contributed by atoms with van der Waals surface area (Å²) < 4.78 is 2.72. The SMILES string of the molecule is CC1(C)c2ccccc2N2c3ccc(-c4cccc5c4sc4ccccc45)cc3C(C)(C)c3cccc1c32. The van der Waals surface area contributed by atoms with Crippen molar-refractivity contribution in [2.24, 2.45) is 0 Å². The van der Waals surface area contributed by atoms with Gasteiger partial charge in [-0.05, 0) is 57.6 Å². The molecule has 0 aliphatic carbocycles. The zero-order valence-electron chi connectivity index (χ0n) is 22.2. The lowest BCUT2D eigenvalue weighted by Gasteiger charge is -2.49. The Balaban J connectivity index is 1.41. The van der Waals surface area contributed by atoms with Crippen LogP contribution in [0.2, 0.25) is 0 Å². The molecule has 2 aliphatic rings. The van der Waals surface area contributed by atoms with Crippen LogP contribution in [0.25, 0.3) is 31.3 Å². The van der Waals surface area contributed by atoms with Crippen molar-refractivity contribution in [2.75, 3.05) is 4.90 Å². The van der Waals surface area contributed by atoms with Gasteiger partial charge in [0.2, 0.25) is 0 Å². The molecule has 1 aromatic heterocycles. The Hall–Kier alpha value is -3.88. The fourth-order valence-corrected chi connectivity index (χ4v) is 8.26. The third-order valence-corrected chi connectivity index (χ3v) is 10.3. The molecule has 6 aromatic rings. The predicted octanol–water partition coefficient (Wildman–Crippen LogP) is 10.5. The maximum absolute atomic E-state index is 2.54. The molecule has 0 fully saturated rings. The lowest BCUT2D eigenvalue weighted by molar-refractivity contribution is 0.597. The lowest BCUT2D eigenvalue weighted by Crippen LogP contribution is -2.38. The summed E-state index contributed by atoms with van der Waals surface area (Å²) in [5, 5.41) is 2.70. The number of nitrogens with zero attached hydrogens (tertiary/aromatic N) is 1. The van der Waals surface area contributed by atoms with Crippen molar-refractivity contribution in [3.63, 3.8) is 0 Å². The monoisotopic (exact) mass is 507 g/mol. The first-order valence-corrected chi connectivity index (χ1v) is 14.3. The molecule has 0 radical (unpaired) electrons. The number of fused-ring (bicyclic) bond motifs is 7. The highest BCUT2D eigenvalue weighted by Gasteiger charge is 2.45. The number of benzene rings is 5. The highest BCUT2D eigenvalue weighted by molar-refractivity contribution is 7.26. The van der Waals surface area contributed by atoms with Crippen LogP contribution >= 0.6 is 11.3 Å². The van der Waals surface area contributed by atoms with Crippen molar-refractivity contribution in [2.45, 2.75) is 38.5 Å². The Bertz CT molecular complexity index is 1940. The highest BCUT2D eigenvalue weighted by atomic mass is 32.1. The van der Waals surface area contributed by atoms with Crippen LogP contribution < -0.4 is 4.90 Å². The normalized spacial score (nSPS) is 16.3. The average Bonchev–Trinajstić information content (AvgIpc) is 3.32. The van der Waals surface area contributed by atoms with E-state index in [0.29, 0.717) is 0 Å². The number of hydrogen-bond acceptors (Lipinski definition) is 2. The number of rotatable bonds is 1. The van der Waals surface area contributed by atoms with E-state index in [2.05, 4.69) is 136 Å². The predicted molar refractivity (Wildman–Crippen MR) is 164 cm³/mol. The summed E-state index contributed by atoms with van der Waals surface area (Å²) in [6.07, 6.45) is 0. The lowest BCUT2D eigenvalue weighted by atomic mass is 9.66. The molecule has 38 heavy (non-hydrogen) atoms. The van der Waals surface area contributed by atoms with E-state index in [-0.39, 0.29) is 10.8 Å². The van der Waals surface area contributed by atoms with E-state index < -0.39 is 0 Å². The van der Waals surface area contributed by atoms with Crippen LogP contribution in [0.15, 0.2) is 103 Å². The van der Waals surface area contributed by atoms with Crippen molar-refractivity contribution >= 4 is 48.6 Å². The summed E-state index contributed by atoms with van der Waals surface area (Å²) >= 11 is 1.91. The summed E-state index contributed by atoms with van der Waals surface area (Å²) in [4.78, 5) is 2.54. The topological polar surface area (TPSA) is 3.24 Å². The molecule has 2 heteroatoms. The van der Waals surface area contributed by atoms with Crippen molar-refractivity contribution in [1.29, 1.82) is 0 Å². The quantitative estimate of drug-likeness (QED) is 0.214. The molecule has 0 atom stereocenters. The number of hydrogen-bond donors (Lipinski definition) is 0. The summed E-state index contributed by atoms with van der Waals surface area (Å²) in [6.45, 7) is 9.54. The maximum atomic E-state index is 2.54. The average molecular weight is 508 g/mol. The maximum Gasteiger partial charge on any atom is 0.0543 e. The van der Waals surface area contributed by atoms with E-state index in [1.807, 2.05) is 11.3 Å². The highest BCUT2D eigenvalue weighted by Crippen LogP contribution is 2.60. The van der Waals surface area contributed by atoms with Gasteiger partial charge in [0.25, 0.3) is 0 Å². The molecule has 2 aliphatic heterocycles. The van der Waals surface area contributed by atoms with E-state index >= 15 is 0 Å². The first kappa shape index (κ1) is 22.1. The summed E-state index contributed by atoms with van der Waals surface area (Å²) in [5.74, 6) is 0. The third-order valence-electron chi connectivity index (χ3n) is 9.05. The summed E-state index contributed by atoms with van der Waals surface area (Å²) in [7, 11) is 0. The van der Waals surface area contributed by atoms with Crippen LogP contribution in [0.4, 0.5) is 17.1 Å². The molecule has 0 N–H and O–H groups in total. The second kappa shape index (κ2) is 7.36. The van der Waals surface area contributed by atoms with Gasteiger partial charge in [-0.15, -0.1) is 11.3 Å². The first-order valence-electron chi connectivity index (χ1n) is 13.5. The van der Waals surface area contributed by atoms with Crippen LogP contribution in [-0.4, -0.2) is 0 Å². The van der Waals surface area contributed by atoms with Gasteiger partial charge in [0.15, 0.2) is 0 Å². The molecule has 0 bridgehead atoms. The number of anilines is 3. The van der Waals surface area contributed by atoms with Crippen molar-refractivity contribution in [1.82, 2.24) is 0 Å². The van der Waals surface area contributed by atoms with Crippen LogP contribution in [0, 0.1) is 0 Å². The van der Waals surface area contributed by atoms with Gasteiger partial charge in [0.1, 0.15) is 0 Å². The van der Waals surface area contributed by atoms with Gasteiger partial charge in [-0.3, -0.25) is 0 Å². The van der Waals surface area contributed by atoms with Crippen LogP contribution in [-0.2, 0) is 10.8 Å². The molecule has 3 heterocycles. The van der Waals surface area contributed by atoms with E-state index in [0.717, 1.165) is 0 Å². The molecule has 184 valence electrons. The van der Waals surface area contributed by atoms with Gasteiger partial charge in [-0.2, -0.15) is 0 Å². The largest absolute Gasteiger partial charge is 0.309 e. The first-order chi connectivity index (χ1) is 18.4.